The molecule has 0 fully saturated rings. The Bertz CT molecular complexity index is 1350. The van der Waals surface area contributed by atoms with Crippen LogP contribution in [0.3, 0.4) is 0 Å². The van der Waals surface area contributed by atoms with Crippen LogP contribution in [0.4, 0.5) is 13.2 Å². The first kappa shape index (κ1) is 35.7. The number of aromatic nitrogens is 1. The number of rotatable bonds is 11. The highest BCUT2D eigenvalue weighted by atomic mass is 28.3. The second-order valence-corrected chi connectivity index (χ2v) is 14.1. The van der Waals surface area contributed by atoms with E-state index in [-0.39, 0.29) is 17.9 Å². The Hall–Kier alpha value is -3.45. The van der Waals surface area contributed by atoms with E-state index in [9.17, 15) is 32.3 Å². The van der Waals surface area contributed by atoms with Crippen molar-refractivity contribution >= 4 is 26.9 Å². The number of hydrogen-bond acceptors (Lipinski definition) is 7. The maximum absolute atomic E-state index is 14.7. The van der Waals surface area contributed by atoms with Crippen molar-refractivity contribution < 1.29 is 41.5 Å². The fourth-order valence-electron chi connectivity index (χ4n) is 5.27. The van der Waals surface area contributed by atoms with Crippen LogP contribution in [-0.2, 0) is 25.2 Å². The minimum Gasteiger partial charge on any atom is -0.465 e. The van der Waals surface area contributed by atoms with Crippen molar-refractivity contribution in [3.05, 3.63) is 57.9 Å². The molecule has 0 aliphatic carbocycles. The fourth-order valence-corrected chi connectivity index (χ4v) is 6.52. The van der Waals surface area contributed by atoms with Gasteiger partial charge in [-0.2, -0.15) is 13.2 Å². The molecular formula is C30H41F3N2O7Si. The van der Waals surface area contributed by atoms with E-state index in [1.165, 1.54) is 40.7 Å². The highest BCUT2D eigenvalue weighted by molar-refractivity contribution is 6.48. The maximum Gasteiger partial charge on any atom is 0.396 e. The molecule has 1 aromatic heterocycles. The highest BCUT2D eigenvalue weighted by Crippen LogP contribution is 2.49. The van der Waals surface area contributed by atoms with E-state index in [1.54, 1.807) is 50.3 Å². The molecule has 1 amide bonds. The number of halogens is 3. The number of nitrogens with one attached hydrogen (secondary N) is 1. The number of hydrogen-bond donors (Lipinski definition) is 1. The first-order valence-electron chi connectivity index (χ1n) is 14.0. The lowest BCUT2D eigenvalue weighted by atomic mass is 9.70. The molecule has 2 atom stereocenters. The lowest BCUT2D eigenvalue weighted by molar-refractivity contribution is -0.265. The normalized spacial score (nSPS) is 14.3. The third kappa shape index (κ3) is 8.14. The van der Waals surface area contributed by atoms with Crippen LogP contribution in [0.1, 0.15) is 62.3 Å². The Morgan fingerprint density at radius 1 is 1.02 bits per heavy atom. The highest BCUT2D eigenvalue weighted by Gasteiger charge is 2.61. The number of benzene rings is 1. The molecule has 0 aliphatic rings. The smallest absolute Gasteiger partial charge is 0.396 e. The average Bonchev–Trinajstić information content (AvgIpc) is 2.87. The third-order valence-corrected chi connectivity index (χ3v) is 7.66. The van der Waals surface area contributed by atoms with E-state index in [0.29, 0.717) is 5.56 Å². The lowest BCUT2D eigenvalue weighted by Crippen LogP contribution is -2.67. The SMILES string of the molecule is CCOC(=O)c1cc(-c2ccccc2)n(CC(=O)NC(O[SiH](C)C)(C(C)C)C(C(C)(C)C)C(F)(F)F)c(=O)c1C(=O)OC. The topological polar surface area (TPSA) is 113 Å². The molecule has 1 N–H and O–H groups in total. The Balaban J connectivity index is 2.85. The summed E-state index contributed by atoms with van der Waals surface area (Å²) in [5.74, 6) is -6.01. The second kappa shape index (κ2) is 13.9. The van der Waals surface area contributed by atoms with Crippen LogP contribution in [0.15, 0.2) is 41.2 Å². The Kier molecular flexibility index (Phi) is 11.5. The van der Waals surface area contributed by atoms with Crippen molar-refractivity contribution in [2.45, 2.75) is 73.1 Å². The lowest BCUT2D eigenvalue weighted by Gasteiger charge is -2.51. The van der Waals surface area contributed by atoms with E-state index < -0.39 is 73.7 Å². The molecule has 0 saturated carbocycles. The molecular weight excluding hydrogens is 585 g/mol. The van der Waals surface area contributed by atoms with Crippen LogP contribution in [0.25, 0.3) is 11.3 Å². The van der Waals surface area contributed by atoms with E-state index in [0.717, 1.165) is 11.7 Å². The molecule has 238 valence electrons. The van der Waals surface area contributed by atoms with Gasteiger partial charge in [0.1, 0.15) is 23.8 Å². The van der Waals surface area contributed by atoms with Crippen LogP contribution in [0.5, 0.6) is 0 Å². The molecule has 1 heterocycles. The number of amides is 1. The number of pyridine rings is 1. The summed E-state index contributed by atoms with van der Waals surface area (Å²) >= 11 is 0. The van der Waals surface area contributed by atoms with Gasteiger partial charge in [-0.3, -0.25) is 14.2 Å². The van der Waals surface area contributed by atoms with Gasteiger partial charge in [0, 0.05) is 5.92 Å². The Morgan fingerprint density at radius 3 is 2.05 bits per heavy atom. The number of ether oxygens (including phenoxy) is 2. The predicted molar refractivity (Wildman–Crippen MR) is 158 cm³/mol. The van der Waals surface area contributed by atoms with E-state index in [2.05, 4.69) is 5.32 Å². The zero-order chi connectivity index (χ0) is 32.9. The molecule has 9 nitrogen and oxygen atoms in total. The summed E-state index contributed by atoms with van der Waals surface area (Å²) in [4.78, 5) is 53.1. The molecule has 0 aliphatic heterocycles. The summed E-state index contributed by atoms with van der Waals surface area (Å²) in [6, 6.07) is 9.48. The number of alkyl halides is 3. The van der Waals surface area contributed by atoms with Gasteiger partial charge in [-0.05, 0) is 37.1 Å². The molecule has 43 heavy (non-hydrogen) atoms. The van der Waals surface area contributed by atoms with E-state index in [1.807, 2.05) is 0 Å². The van der Waals surface area contributed by atoms with Crippen LogP contribution in [0.2, 0.25) is 13.1 Å². The molecule has 2 aromatic rings. The van der Waals surface area contributed by atoms with Crippen LogP contribution >= 0.6 is 0 Å². The maximum atomic E-state index is 14.7. The van der Waals surface area contributed by atoms with Gasteiger partial charge in [-0.15, -0.1) is 0 Å². The van der Waals surface area contributed by atoms with Crippen LogP contribution in [0, 0.1) is 17.3 Å². The molecule has 0 saturated heterocycles. The van der Waals surface area contributed by atoms with E-state index in [4.69, 9.17) is 13.9 Å². The number of nitrogens with zero attached hydrogens (tertiary/aromatic N) is 1. The molecule has 0 radical (unpaired) electrons. The van der Waals surface area contributed by atoms with Crippen LogP contribution in [-0.4, -0.2) is 57.1 Å². The monoisotopic (exact) mass is 626 g/mol. The van der Waals surface area contributed by atoms with Gasteiger partial charge in [0.2, 0.25) is 5.91 Å². The average molecular weight is 627 g/mol. The summed E-state index contributed by atoms with van der Waals surface area (Å²) in [7, 11) is -1.19. The zero-order valence-corrected chi connectivity index (χ0v) is 27.2. The summed E-state index contributed by atoms with van der Waals surface area (Å²) in [5.41, 5.74) is -5.18. The predicted octanol–water partition coefficient (Wildman–Crippen LogP) is 5.17. The van der Waals surface area contributed by atoms with Crippen LogP contribution < -0.4 is 10.9 Å². The number of carbonyl (C=O) groups excluding carboxylic acids is 3. The standard InChI is InChI=1S/C30H41F3N2O7Si/c1-10-41-25(38)20-16-21(19-14-12-11-13-15-19)35(24(37)23(20)26(39)40-7)17-22(36)34-29(18(2)3,42-43(8)9)27(28(4,5)6)30(31,32)33/h11-16,18,27,43H,10,17H2,1-9H3,(H,34,36). The summed E-state index contributed by atoms with van der Waals surface area (Å²) < 4.78 is 61.1. The number of esters is 2. The van der Waals surface area contributed by atoms with Crippen molar-refractivity contribution in [1.29, 1.82) is 0 Å². The largest absolute Gasteiger partial charge is 0.465 e. The van der Waals surface area contributed by atoms with Gasteiger partial charge in [-0.1, -0.05) is 65.0 Å². The zero-order valence-electron chi connectivity index (χ0n) is 26.0. The first-order chi connectivity index (χ1) is 19.8. The second-order valence-electron chi connectivity index (χ2n) is 11.8. The minimum atomic E-state index is -4.76. The molecule has 2 unspecified atom stereocenters. The molecule has 1 aromatic carbocycles. The van der Waals surface area contributed by atoms with Crippen molar-refractivity contribution in [3.63, 3.8) is 0 Å². The van der Waals surface area contributed by atoms with Gasteiger partial charge in [0.05, 0.1) is 25.0 Å². The summed E-state index contributed by atoms with van der Waals surface area (Å²) in [5, 5.41) is 2.54. The molecule has 0 bridgehead atoms. The quantitative estimate of drug-likeness (QED) is 0.208. The van der Waals surface area contributed by atoms with Gasteiger partial charge >= 0.3 is 18.1 Å². The van der Waals surface area contributed by atoms with E-state index >= 15 is 0 Å². The molecule has 13 heteroatoms. The number of carbonyl (C=O) groups is 3. The van der Waals surface area contributed by atoms with Gasteiger partial charge in [-0.25, -0.2) is 9.59 Å². The molecule has 0 spiro atoms. The molecule has 2 rings (SSSR count). The van der Waals surface area contributed by atoms with Crippen molar-refractivity contribution in [2.75, 3.05) is 13.7 Å². The Morgan fingerprint density at radius 2 is 1.60 bits per heavy atom. The fraction of sp³-hybridized carbons (Fsp3) is 0.533. The van der Waals surface area contributed by atoms with Crippen molar-refractivity contribution in [3.8, 4) is 11.3 Å². The van der Waals surface area contributed by atoms with Gasteiger partial charge in [0.25, 0.3) is 5.56 Å². The third-order valence-electron chi connectivity index (χ3n) is 6.80. The summed E-state index contributed by atoms with van der Waals surface area (Å²) in [6.07, 6.45) is -4.76. The first-order valence-corrected chi connectivity index (χ1v) is 16.7. The minimum absolute atomic E-state index is 0.0454. The summed E-state index contributed by atoms with van der Waals surface area (Å²) in [6.45, 7) is 11.5. The van der Waals surface area contributed by atoms with Gasteiger partial charge < -0.3 is 19.2 Å². The van der Waals surface area contributed by atoms with Gasteiger partial charge in [0.15, 0.2) is 9.04 Å². The Labute approximate surface area is 251 Å². The number of methoxy groups -OCH3 is 1. The van der Waals surface area contributed by atoms with Crippen molar-refractivity contribution in [2.24, 2.45) is 17.3 Å². The van der Waals surface area contributed by atoms with Crippen molar-refractivity contribution in [1.82, 2.24) is 9.88 Å².